The van der Waals surface area contributed by atoms with Crippen molar-refractivity contribution < 1.29 is 10.2 Å². The van der Waals surface area contributed by atoms with E-state index in [0.717, 1.165) is 31.8 Å². The van der Waals surface area contributed by atoms with Gasteiger partial charge in [0.2, 0.25) is 0 Å². The lowest BCUT2D eigenvalue weighted by Gasteiger charge is -2.43. The minimum Gasteiger partial charge on any atom is -0.396 e. The van der Waals surface area contributed by atoms with Gasteiger partial charge in [0.15, 0.2) is 0 Å². The predicted molar refractivity (Wildman–Crippen MR) is 87.2 cm³/mol. The quantitative estimate of drug-likeness (QED) is 0.838. The van der Waals surface area contributed by atoms with Gasteiger partial charge in [0.25, 0.3) is 0 Å². The smallest absolute Gasteiger partial charge is 0.0580 e. The normalized spacial score (nSPS) is 35.9. The number of rotatable bonds is 4. The zero-order valence-electron chi connectivity index (χ0n) is 14.2. The van der Waals surface area contributed by atoms with E-state index in [9.17, 15) is 5.11 Å². The summed E-state index contributed by atoms with van der Waals surface area (Å²) in [4.78, 5) is 2.54. The van der Waals surface area contributed by atoms with E-state index in [2.05, 4.69) is 25.7 Å². The number of hydrogen-bond acceptors (Lipinski definition) is 3. The molecule has 4 unspecified atom stereocenters. The van der Waals surface area contributed by atoms with Gasteiger partial charge in [0.1, 0.15) is 0 Å². The highest BCUT2D eigenvalue weighted by atomic mass is 16.3. The molecule has 2 aliphatic rings. The maximum absolute atomic E-state index is 10.4. The van der Waals surface area contributed by atoms with E-state index in [1.807, 2.05) is 0 Å². The van der Waals surface area contributed by atoms with Crippen molar-refractivity contribution in [1.29, 1.82) is 0 Å². The summed E-state index contributed by atoms with van der Waals surface area (Å²) in [6, 6.07) is 0. The number of piperidine rings is 1. The molecule has 0 spiro atoms. The molecular formula is C18H35NO2. The van der Waals surface area contributed by atoms with Crippen molar-refractivity contribution in [3.63, 3.8) is 0 Å². The lowest BCUT2D eigenvalue weighted by molar-refractivity contribution is -0.00349. The fourth-order valence-corrected chi connectivity index (χ4v) is 4.30. The van der Waals surface area contributed by atoms with Gasteiger partial charge < -0.3 is 15.1 Å². The molecular weight excluding hydrogens is 262 g/mol. The Labute approximate surface area is 130 Å². The topological polar surface area (TPSA) is 43.7 Å². The number of hydrogen-bond donors (Lipinski definition) is 2. The SMILES string of the molecule is CC(C)(C)C1CCC(O)C(CN2CCCC(CCO)C2)C1. The number of aliphatic hydroxyl groups is 2. The fraction of sp³-hybridized carbons (Fsp3) is 1.00. The Morgan fingerprint density at radius 1 is 1.14 bits per heavy atom. The molecule has 2 rings (SSSR count). The third-order valence-corrected chi connectivity index (χ3v) is 5.80. The monoisotopic (exact) mass is 297 g/mol. The second kappa shape index (κ2) is 7.43. The summed E-state index contributed by atoms with van der Waals surface area (Å²) < 4.78 is 0. The lowest BCUT2D eigenvalue weighted by Crippen LogP contribution is -2.44. The van der Waals surface area contributed by atoms with E-state index < -0.39 is 0 Å². The summed E-state index contributed by atoms with van der Waals surface area (Å²) in [5.41, 5.74) is 0.361. The molecule has 3 heteroatoms. The Balaban J connectivity index is 1.88. The second-order valence-corrected chi connectivity index (χ2v) is 8.48. The van der Waals surface area contributed by atoms with E-state index in [1.165, 1.54) is 32.2 Å². The van der Waals surface area contributed by atoms with E-state index in [-0.39, 0.29) is 6.10 Å². The summed E-state index contributed by atoms with van der Waals surface area (Å²) in [5.74, 6) is 1.84. The van der Waals surface area contributed by atoms with Crippen LogP contribution < -0.4 is 0 Å². The molecule has 1 saturated carbocycles. The molecule has 0 bridgehead atoms. The fourth-order valence-electron chi connectivity index (χ4n) is 4.30. The minimum atomic E-state index is -0.109. The molecule has 124 valence electrons. The highest BCUT2D eigenvalue weighted by Gasteiger charge is 2.36. The summed E-state index contributed by atoms with van der Waals surface area (Å²) in [6.07, 6.45) is 6.65. The number of nitrogens with zero attached hydrogens (tertiary/aromatic N) is 1. The maximum Gasteiger partial charge on any atom is 0.0580 e. The molecule has 1 aliphatic heterocycles. The van der Waals surface area contributed by atoms with E-state index in [1.54, 1.807) is 0 Å². The zero-order chi connectivity index (χ0) is 15.5. The molecule has 3 nitrogen and oxygen atoms in total. The molecule has 2 N–H and O–H groups in total. The summed E-state index contributed by atoms with van der Waals surface area (Å²) in [7, 11) is 0. The van der Waals surface area contributed by atoms with Crippen LogP contribution in [0.25, 0.3) is 0 Å². The average molecular weight is 297 g/mol. The van der Waals surface area contributed by atoms with Gasteiger partial charge in [0.05, 0.1) is 6.10 Å². The number of aliphatic hydroxyl groups excluding tert-OH is 2. The van der Waals surface area contributed by atoms with Crippen molar-refractivity contribution in [3.8, 4) is 0 Å². The molecule has 0 aromatic rings. The molecule has 0 aromatic carbocycles. The molecule has 4 atom stereocenters. The maximum atomic E-state index is 10.4. The van der Waals surface area contributed by atoms with Crippen LogP contribution in [0.15, 0.2) is 0 Å². The van der Waals surface area contributed by atoms with Crippen molar-refractivity contribution in [2.24, 2.45) is 23.2 Å². The van der Waals surface area contributed by atoms with E-state index in [4.69, 9.17) is 5.11 Å². The van der Waals surface area contributed by atoms with Gasteiger partial charge in [-0.1, -0.05) is 20.8 Å². The Morgan fingerprint density at radius 2 is 1.90 bits per heavy atom. The molecule has 0 aromatic heterocycles. The first kappa shape index (κ1) is 17.2. The highest BCUT2D eigenvalue weighted by Crippen LogP contribution is 2.40. The summed E-state index contributed by atoms with van der Waals surface area (Å²) in [5, 5.41) is 19.5. The van der Waals surface area contributed by atoms with E-state index >= 15 is 0 Å². The van der Waals surface area contributed by atoms with Crippen molar-refractivity contribution in [1.82, 2.24) is 4.90 Å². The molecule has 1 saturated heterocycles. The van der Waals surface area contributed by atoms with Gasteiger partial charge in [-0.25, -0.2) is 0 Å². The standard InChI is InChI=1S/C18H35NO2/c1-18(2,3)16-6-7-17(21)15(11-16)13-19-9-4-5-14(12-19)8-10-20/h14-17,20-21H,4-13H2,1-3H3. The summed E-state index contributed by atoms with van der Waals surface area (Å²) >= 11 is 0. The first-order valence-corrected chi connectivity index (χ1v) is 8.91. The second-order valence-electron chi connectivity index (χ2n) is 8.48. The van der Waals surface area contributed by atoms with Crippen LogP contribution >= 0.6 is 0 Å². The van der Waals surface area contributed by atoms with Gasteiger partial charge in [-0.05, 0) is 68.2 Å². The number of likely N-dealkylation sites (tertiary alicyclic amines) is 1. The largest absolute Gasteiger partial charge is 0.396 e. The van der Waals surface area contributed by atoms with Gasteiger partial charge >= 0.3 is 0 Å². The minimum absolute atomic E-state index is 0.109. The van der Waals surface area contributed by atoms with Crippen molar-refractivity contribution in [2.45, 2.75) is 65.4 Å². The van der Waals surface area contributed by atoms with Crippen LogP contribution in [0.5, 0.6) is 0 Å². The van der Waals surface area contributed by atoms with Crippen LogP contribution in [0.3, 0.4) is 0 Å². The van der Waals surface area contributed by atoms with Gasteiger partial charge in [-0.2, -0.15) is 0 Å². The molecule has 21 heavy (non-hydrogen) atoms. The van der Waals surface area contributed by atoms with Gasteiger partial charge in [-0.3, -0.25) is 0 Å². The third-order valence-electron chi connectivity index (χ3n) is 5.80. The molecule has 0 amide bonds. The van der Waals surface area contributed by atoms with Crippen molar-refractivity contribution in [2.75, 3.05) is 26.2 Å². The van der Waals surface area contributed by atoms with Crippen LogP contribution in [-0.2, 0) is 0 Å². The Kier molecular flexibility index (Phi) is 6.10. The Morgan fingerprint density at radius 3 is 2.57 bits per heavy atom. The van der Waals surface area contributed by atoms with Crippen LogP contribution in [0.2, 0.25) is 0 Å². The van der Waals surface area contributed by atoms with Crippen LogP contribution in [-0.4, -0.2) is 47.5 Å². The highest BCUT2D eigenvalue weighted by molar-refractivity contribution is 4.87. The lowest BCUT2D eigenvalue weighted by atomic mass is 9.68. The Hall–Kier alpha value is -0.120. The molecule has 2 fully saturated rings. The summed E-state index contributed by atoms with van der Waals surface area (Å²) in [6.45, 7) is 10.7. The predicted octanol–water partition coefficient (Wildman–Crippen LogP) is 2.90. The average Bonchev–Trinajstić information content (AvgIpc) is 2.41. The zero-order valence-corrected chi connectivity index (χ0v) is 14.2. The van der Waals surface area contributed by atoms with Gasteiger partial charge in [0, 0.05) is 19.7 Å². The van der Waals surface area contributed by atoms with E-state index in [0.29, 0.717) is 23.9 Å². The molecule has 1 heterocycles. The first-order chi connectivity index (χ1) is 9.90. The molecule has 1 aliphatic carbocycles. The third kappa shape index (κ3) is 4.94. The van der Waals surface area contributed by atoms with Crippen LogP contribution in [0, 0.1) is 23.2 Å². The Bertz CT molecular complexity index is 311. The molecule has 0 radical (unpaired) electrons. The van der Waals surface area contributed by atoms with Gasteiger partial charge in [-0.15, -0.1) is 0 Å². The van der Waals surface area contributed by atoms with Crippen molar-refractivity contribution >= 4 is 0 Å². The van der Waals surface area contributed by atoms with Crippen molar-refractivity contribution in [3.05, 3.63) is 0 Å². The van der Waals surface area contributed by atoms with Crippen LogP contribution in [0.1, 0.15) is 59.3 Å². The first-order valence-electron chi connectivity index (χ1n) is 8.91. The van der Waals surface area contributed by atoms with Crippen LogP contribution in [0.4, 0.5) is 0 Å².